The normalized spacial score (nSPS) is 10.7. The van der Waals surface area contributed by atoms with Gasteiger partial charge in [0, 0.05) is 5.56 Å². The highest BCUT2D eigenvalue weighted by atomic mass is 16.5. The summed E-state index contributed by atoms with van der Waals surface area (Å²) in [5.74, 6) is 0.938. The first-order valence-electron chi connectivity index (χ1n) is 6.02. The smallest absolute Gasteiger partial charge is 0.242 e. The largest absolute Gasteiger partial charge is 0.496 e. The standard InChI is InChI=1S/C14H13N5O/c1-20-11-7-9-5-3-2-4-8(9)6-10(11)12-13(15)17-14(16)19-18-12/h2-7H,1H3,(H4,15,16,17,19). The molecule has 3 rings (SSSR count). The molecule has 0 spiro atoms. The highest BCUT2D eigenvalue weighted by Gasteiger charge is 2.14. The highest BCUT2D eigenvalue weighted by Crippen LogP contribution is 2.34. The molecule has 0 radical (unpaired) electrons. The van der Waals surface area contributed by atoms with Crippen molar-refractivity contribution >= 4 is 22.5 Å². The molecule has 20 heavy (non-hydrogen) atoms. The number of benzene rings is 2. The molecule has 0 fully saturated rings. The van der Waals surface area contributed by atoms with Crippen LogP contribution in [0.1, 0.15) is 0 Å². The molecule has 6 heteroatoms. The van der Waals surface area contributed by atoms with E-state index in [1.807, 2.05) is 36.4 Å². The van der Waals surface area contributed by atoms with Crippen LogP contribution in [0.4, 0.5) is 11.8 Å². The van der Waals surface area contributed by atoms with Gasteiger partial charge in [0.05, 0.1) is 7.11 Å². The van der Waals surface area contributed by atoms with Crippen LogP contribution in [0.15, 0.2) is 36.4 Å². The summed E-state index contributed by atoms with van der Waals surface area (Å²) in [5, 5.41) is 9.90. The van der Waals surface area contributed by atoms with E-state index >= 15 is 0 Å². The van der Waals surface area contributed by atoms with E-state index in [2.05, 4.69) is 15.2 Å². The SMILES string of the molecule is COc1cc2ccccc2cc1-c1nnc(N)nc1N. The van der Waals surface area contributed by atoms with Crippen LogP contribution in [0.5, 0.6) is 5.75 Å². The van der Waals surface area contributed by atoms with Crippen molar-refractivity contribution in [3.63, 3.8) is 0 Å². The van der Waals surface area contributed by atoms with Crippen molar-refractivity contribution in [3.05, 3.63) is 36.4 Å². The number of aromatic nitrogens is 3. The van der Waals surface area contributed by atoms with Gasteiger partial charge in [0.2, 0.25) is 5.95 Å². The van der Waals surface area contributed by atoms with E-state index in [0.717, 1.165) is 16.3 Å². The van der Waals surface area contributed by atoms with E-state index in [1.54, 1.807) is 7.11 Å². The molecular formula is C14H13N5O. The molecule has 0 amide bonds. The minimum absolute atomic E-state index is 0.0472. The van der Waals surface area contributed by atoms with Gasteiger partial charge in [-0.1, -0.05) is 24.3 Å². The molecule has 3 aromatic rings. The Morgan fingerprint density at radius 2 is 1.70 bits per heavy atom. The maximum absolute atomic E-state index is 5.87. The molecule has 0 saturated carbocycles. The van der Waals surface area contributed by atoms with Gasteiger partial charge in [-0.2, -0.15) is 4.98 Å². The fraction of sp³-hybridized carbons (Fsp3) is 0.0714. The molecule has 0 unspecified atom stereocenters. The molecule has 0 atom stereocenters. The summed E-state index contributed by atoms with van der Waals surface area (Å²) in [7, 11) is 1.60. The van der Waals surface area contributed by atoms with E-state index in [1.165, 1.54) is 0 Å². The third-order valence-corrected chi connectivity index (χ3v) is 3.05. The quantitative estimate of drug-likeness (QED) is 0.735. The molecular weight excluding hydrogens is 254 g/mol. The predicted molar refractivity (Wildman–Crippen MR) is 78.1 cm³/mol. The van der Waals surface area contributed by atoms with Gasteiger partial charge in [0.25, 0.3) is 0 Å². The zero-order valence-corrected chi connectivity index (χ0v) is 10.9. The highest BCUT2D eigenvalue weighted by molar-refractivity contribution is 5.91. The molecule has 6 nitrogen and oxygen atoms in total. The number of rotatable bonds is 2. The summed E-state index contributed by atoms with van der Waals surface area (Å²) in [6, 6.07) is 11.8. The maximum Gasteiger partial charge on any atom is 0.242 e. The van der Waals surface area contributed by atoms with Crippen LogP contribution >= 0.6 is 0 Å². The number of nitrogen functional groups attached to an aromatic ring is 2. The van der Waals surface area contributed by atoms with Gasteiger partial charge < -0.3 is 16.2 Å². The predicted octanol–water partition coefficient (Wildman–Crippen LogP) is 1.86. The minimum atomic E-state index is 0.0472. The molecule has 1 heterocycles. The van der Waals surface area contributed by atoms with Gasteiger partial charge in [-0.15, -0.1) is 10.2 Å². The number of fused-ring (bicyclic) bond motifs is 1. The van der Waals surface area contributed by atoms with Gasteiger partial charge in [-0.3, -0.25) is 0 Å². The van der Waals surface area contributed by atoms with Crippen molar-refractivity contribution in [2.24, 2.45) is 0 Å². The molecule has 100 valence electrons. The first-order valence-corrected chi connectivity index (χ1v) is 6.02. The Morgan fingerprint density at radius 3 is 2.35 bits per heavy atom. The van der Waals surface area contributed by atoms with Crippen molar-refractivity contribution in [3.8, 4) is 17.0 Å². The molecule has 0 aliphatic carbocycles. The molecule has 4 N–H and O–H groups in total. The van der Waals surface area contributed by atoms with Gasteiger partial charge in [-0.05, 0) is 22.9 Å². The van der Waals surface area contributed by atoms with E-state index in [-0.39, 0.29) is 11.8 Å². The molecule has 2 aromatic carbocycles. The second kappa shape index (κ2) is 4.65. The van der Waals surface area contributed by atoms with E-state index in [0.29, 0.717) is 11.4 Å². The van der Waals surface area contributed by atoms with Crippen LogP contribution in [0.2, 0.25) is 0 Å². The maximum atomic E-state index is 5.87. The number of anilines is 2. The van der Waals surface area contributed by atoms with E-state index in [9.17, 15) is 0 Å². The van der Waals surface area contributed by atoms with Crippen LogP contribution in [0, 0.1) is 0 Å². The van der Waals surface area contributed by atoms with Crippen molar-refractivity contribution in [1.29, 1.82) is 0 Å². The number of methoxy groups -OCH3 is 1. The summed E-state index contributed by atoms with van der Waals surface area (Å²) >= 11 is 0. The lowest BCUT2D eigenvalue weighted by Gasteiger charge is -2.11. The van der Waals surface area contributed by atoms with Crippen LogP contribution in [-0.4, -0.2) is 22.3 Å². The number of nitrogens with two attached hydrogens (primary N) is 2. The Labute approximate surface area is 115 Å². The lowest BCUT2D eigenvalue weighted by atomic mass is 10.0. The Balaban J connectivity index is 2.28. The number of nitrogens with zero attached hydrogens (tertiary/aromatic N) is 3. The Morgan fingerprint density at radius 1 is 1.00 bits per heavy atom. The van der Waals surface area contributed by atoms with Crippen LogP contribution < -0.4 is 16.2 Å². The Kier molecular flexibility index (Phi) is 2.83. The summed E-state index contributed by atoms with van der Waals surface area (Å²) in [4.78, 5) is 3.93. The molecule has 1 aromatic heterocycles. The van der Waals surface area contributed by atoms with Crippen molar-refractivity contribution in [2.75, 3.05) is 18.6 Å². The van der Waals surface area contributed by atoms with Crippen LogP contribution in [-0.2, 0) is 0 Å². The Bertz CT molecular complexity index is 788. The molecule has 0 aliphatic heterocycles. The lowest BCUT2D eigenvalue weighted by molar-refractivity contribution is 0.417. The zero-order valence-electron chi connectivity index (χ0n) is 10.9. The van der Waals surface area contributed by atoms with Crippen molar-refractivity contribution < 1.29 is 4.74 Å². The topological polar surface area (TPSA) is 99.9 Å². The first-order chi connectivity index (χ1) is 9.69. The summed E-state index contributed by atoms with van der Waals surface area (Å²) in [6.07, 6.45) is 0. The summed E-state index contributed by atoms with van der Waals surface area (Å²) in [6.45, 7) is 0. The minimum Gasteiger partial charge on any atom is -0.496 e. The molecule has 0 saturated heterocycles. The Hall–Kier alpha value is -2.89. The van der Waals surface area contributed by atoms with Crippen LogP contribution in [0.25, 0.3) is 22.0 Å². The zero-order chi connectivity index (χ0) is 14.1. The van der Waals surface area contributed by atoms with Gasteiger partial charge in [0.1, 0.15) is 11.4 Å². The van der Waals surface area contributed by atoms with Crippen LogP contribution in [0.3, 0.4) is 0 Å². The lowest BCUT2D eigenvalue weighted by Crippen LogP contribution is -2.05. The fourth-order valence-corrected chi connectivity index (χ4v) is 2.12. The average molecular weight is 267 g/mol. The van der Waals surface area contributed by atoms with Gasteiger partial charge >= 0.3 is 0 Å². The van der Waals surface area contributed by atoms with Gasteiger partial charge in [0.15, 0.2) is 5.82 Å². The number of hydrogen-bond donors (Lipinski definition) is 2. The van der Waals surface area contributed by atoms with E-state index in [4.69, 9.17) is 16.2 Å². The van der Waals surface area contributed by atoms with Gasteiger partial charge in [-0.25, -0.2) is 0 Å². The first kappa shape index (κ1) is 12.2. The van der Waals surface area contributed by atoms with E-state index < -0.39 is 0 Å². The molecule has 0 aliphatic rings. The third kappa shape index (κ3) is 1.97. The van der Waals surface area contributed by atoms with Crippen molar-refractivity contribution in [2.45, 2.75) is 0 Å². The second-order valence-electron chi connectivity index (χ2n) is 4.30. The molecule has 0 bridgehead atoms. The second-order valence-corrected chi connectivity index (χ2v) is 4.30. The average Bonchev–Trinajstić information content (AvgIpc) is 2.46. The fourth-order valence-electron chi connectivity index (χ4n) is 2.12. The number of ether oxygens (including phenoxy) is 1. The summed E-state index contributed by atoms with van der Waals surface area (Å²) in [5.41, 5.74) is 12.5. The monoisotopic (exact) mass is 267 g/mol. The van der Waals surface area contributed by atoms with Crippen molar-refractivity contribution in [1.82, 2.24) is 15.2 Å². The summed E-state index contributed by atoms with van der Waals surface area (Å²) < 4.78 is 5.41. The number of hydrogen-bond acceptors (Lipinski definition) is 6. The third-order valence-electron chi connectivity index (χ3n) is 3.05.